The van der Waals surface area contributed by atoms with Crippen molar-refractivity contribution >= 4 is 5.69 Å². The van der Waals surface area contributed by atoms with Crippen LogP contribution >= 0.6 is 0 Å². The maximum absolute atomic E-state index is 12.1. The van der Waals surface area contributed by atoms with E-state index in [0.29, 0.717) is 12.5 Å². The number of ether oxygens (including phenoxy) is 1. The minimum absolute atomic E-state index is 0.130. The summed E-state index contributed by atoms with van der Waals surface area (Å²) in [6, 6.07) is 9.19. The van der Waals surface area contributed by atoms with E-state index in [9.17, 15) is 4.79 Å². The van der Waals surface area contributed by atoms with Gasteiger partial charge >= 0.3 is 0 Å². The quantitative estimate of drug-likeness (QED) is 0.886. The Kier molecular flexibility index (Phi) is 4.98. The minimum Gasteiger partial charge on any atom is -0.496 e. The third-order valence-electron chi connectivity index (χ3n) is 3.10. The third kappa shape index (κ3) is 4.08. The second-order valence-electron chi connectivity index (χ2n) is 5.33. The lowest BCUT2D eigenvalue weighted by molar-refractivity contribution is 0.406. The second-order valence-corrected chi connectivity index (χ2v) is 5.33. The number of nitrogens with zero attached hydrogens (tertiary/aromatic N) is 2. The van der Waals surface area contributed by atoms with Gasteiger partial charge in [0.25, 0.3) is 5.56 Å². The fourth-order valence-corrected chi connectivity index (χ4v) is 1.97. The highest BCUT2D eigenvalue weighted by molar-refractivity contribution is 5.39. The van der Waals surface area contributed by atoms with Gasteiger partial charge in [-0.05, 0) is 12.0 Å². The number of aromatic nitrogens is 2. The first kappa shape index (κ1) is 15.1. The fourth-order valence-electron chi connectivity index (χ4n) is 1.97. The Labute approximate surface area is 124 Å². The van der Waals surface area contributed by atoms with E-state index in [1.807, 2.05) is 24.3 Å². The van der Waals surface area contributed by atoms with Crippen LogP contribution in [0.3, 0.4) is 0 Å². The van der Waals surface area contributed by atoms with E-state index < -0.39 is 0 Å². The molecule has 5 heteroatoms. The van der Waals surface area contributed by atoms with Crippen LogP contribution < -0.4 is 15.6 Å². The number of para-hydroxylation sites is 1. The first-order chi connectivity index (χ1) is 10.1. The van der Waals surface area contributed by atoms with Gasteiger partial charge in [0, 0.05) is 18.2 Å². The SMILES string of the molecule is COc1ccccc1Cn1ncc(NCC(C)C)cc1=O. The van der Waals surface area contributed by atoms with Crippen molar-refractivity contribution in [1.29, 1.82) is 0 Å². The lowest BCUT2D eigenvalue weighted by Crippen LogP contribution is -2.23. The topological polar surface area (TPSA) is 56.1 Å². The van der Waals surface area contributed by atoms with Crippen molar-refractivity contribution < 1.29 is 4.74 Å². The molecule has 0 aliphatic carbocycles. The Morgan fingerprint density at radius 2 is 2.10 bits per heavy atom. The zero-order valence-corrected chi connectivity index (χ0v) is 12.7. The van der Waals surface area contributed by atoms with Gasteiger partial charge < -0.3 is 10.1 Å². The summed E-state index contributed by atoms with van der Waals surface area (Å²) >= 11 is 0. The fraction of sp³-hybridized carbons (Fsp3) is 0.375. The van der Waals surface area contributed by atoms with E-state index in [2.05, 4.69) is 24.3 Å². The van der Waals surface area contributed by atoms with Gasteiger partial charge in [-0.2, -0.15) is 5.10 Å². The van der Waals surface area contributed by atoms with Crippen molar-refractivity contribution in [2.75, 3.05) is 19.0 Å². The predicted molar refractivity (Wildman–Crippen MR) is 83.9 cm³/mol. The summed E-state index contributed by atoms with van der Waals surface area (Å²) in [4.78, 5) is 12.1. The molecule has 0 unspecified atom stereocenters. The molecule has 0 fully saturated rings. The van der Waals surface area contributed by atoms with Crippen LogP contribution in [0, 0.1) is 5.92 Å². The first-order valence-electron chi connectivity index (χ1n) is 7.03. The molecular weight excluding hydrogens is 266 g/mol. The van der Waals surface area contributed by atoms with E-state index in [-0.39, 0.29) is 5.56 Å². The lowest BCUT2D eigenvalue weighted by Gasteiger charge is -2.11. The molecule has 0 amide bonds. The average Bonchev–Trinajstić information content (AvgIpc) is 2.48. The number of benzene rings is 1. The first-order valence-corrected chi connectivity index (χ1v) is 7.03. The molecule has 0 radical (unpaired) electrons. The lowest BCUT2D eigenvalue weighted by atomic mass is 10.2. The molecular formula is C16H21N3O2. The van der Waals surface area contributed by atoms with E-state index in [1.54, 1.807) is 19.4 Å². The molecule has 0 saturated carbocycles. The summed E-state index contributed by atoms with van der Waals surface area (Å²) in [6.45, 7) is 5.44. The summed E-state index contributed by atoms with van der Waals surface area (Å²) in [5, 5.41) is 7.41. The smallest absolute Gasteiger partial charge is 0.269 e. The van der Waals surface area contributed by atoms with Crippen molar-refractivity contribution in [1.82, 2.24) is 9.78 Å². The van der Waals surface area contributed by atoms with Crippen LogP contribution in [0.25, 0.3) is 0 Å². The summed E-state index contributed by atoms with van der Waals surface area (Å²) in [6.07, 6.45) is 1.68. The van der Waals surface area contributed by atoms with Crippen LogP contribution in [0.5, 0.6) is 5.75 Å². The van der Waals surface area contributed by atoms with Crippen LogP contribution in [-0.4, -0.2) is 23.4 Å². The van der Waals surface area contributed by atoms with Gasteiger partial charge in [0.15, 0.2) is 0 Å². The number of hydrogen-bond donors (Lipinski definition) is 1. The molecule has 0 atom stereocenters. The van der Waals surface area contributed by atoms with Crippen LogP contribution in [0.2, 0.25) is 0 Å². The summed E-state index contributed by atoms with van der Waals surface area (Å²) in [5.41, 5.74) is 1.55. The summed E-state index contributed by atoms with van der Waals surface area (Å²) < 4.78 is 6.72. The summed E-state index contributed by atoms with van der Waals surface area (Å²) in [5.74, 6) is 1.27. The molecule has 1 heterocycles. The second kappa shape index (κ2) is 6.92. The molecule has 0 aliphatic rings. The normalized spacial score (nSPS) is 10.7. The van der Waals surface area contributed by atoms with Crippen LogP contribution in [0.4, 0.5) is 5.69 Å². The van der Waals surface area contributed by atoms with E-state index in [4.69, 9.17) is 4.74 Å². The monoisotopic (exact) mass is 287 g/mol. The molecule has 5 nitrogen and oxygen atoms in total. The maximum atomic E-state index is 12.1. The Balaban J connectivity index is 2.16. The zero-order chi connectivity index (χ0) is 15.2. The largest absolute Gasteiger partial charge is 0.496 e. The van der Waals surface area contributed by atoms with Gasteiger partial charge in [0.1, 0.15) is 5.75 Å². The van der Waals surface area contributed by atoms with Crippen LogP contribution in [-0.2, 0) is 6.54 Å². The van der Waals surface area contributed by atoms with Crippen molar-refractivity contribution in [3.63, 3.8) is 0 Å². The molecule has 0 aliphatic heterocycles. The van der Waals surface area contributed by atoms with Gasteiger partial charge in [0.2, 0.25) is 0 Å². The number of nitrogens with one attached hydrogen (secondary N) is 1. The highest BCUT2D eigenvalue weighted by atomic mass is 16.5. The Morgan fingerprint density at radius 1 is 1.33 bits per heavy atom. The Morgan fingerprint density at radius 3 is 2.76 bits per heavy atom. The number of anilines is 1. The van der Waals surface area contributed by atoms with Gasteiger partial charge in [-0.3, -0.25) is 4.79 Å². The summed E-state index contributed by atoms with van der Waals surface area (Å²) in [7, 11) is 1.62. The highest BCUT2D eigenvalue weighted by Gasteiger charge is 2.06. The molecule has 1 aromatic heterocycles. The number of rotatable bonds is 6. The minimum atomic E-state index is -0.130. The molecule has 112 valence electrons. The molecule has 0 spiro atoms. The Bertz CT molecular complexity index is 650. The van der Waals surface area contributed by atoms with Gasteiger partial charge in [0.05, 0.1) is 25.5 Å². The van der Waals surface area contributed by atoms with E-state index >= 15 is 0 Å². The van der Waals surface area contributed by atoms with Gasteiger partial charge in [-0.25, -0.2) is 4.68 Å². The molecule has 1 N–H and O–H groups in total. The third-order valence-corrected chi connectivity index (χ3v) is 3.10. The number of hydrogen-bond acceptors (Lipinski definition) is 4. The standard InChI is InChI=1S/C16H21N3O2/c1-12(2)9-17-14-8-16(20)19(18-10-14)11-13-6-4-5-7-15(13)21-3/h4-8,10,12,17H,9,11H2,1-3H3. The molecule has 1 aromatic carbocycles. The molecule has 2 aromatic rings. The van der Waals surface area contributed by atoms with Crippen LogP contribution in [0.1, 0.15) is 19.4 Å². The zero-order valence-electron chi connectivity index (χ0n) is 12.7. The van der Waals surface area contributed by atoms with Crippen molar-refractivity contribution in [2.24, 2.45) is 5.92 Å². The van der Waals surface area contributed by atoms with E-state index in [1.165, 1.54) is 4.68 Å². The van der Waals surface area contributed by atoms with E-state index in [0.717, 1.165) is 23.5 Å². The molecule has 0 bridgehead atoms. The predicted octanol–water partition coefficient (Wildman–Crippen LogP) is 2.37. The molecule has 21 heavy (non-hydrogen) atoms. The molecule has 2 rings (SSSR count). The maximum Gasteiger partial charge on any atom is 0.269 e. The number of methoxy groups -OCH3 is 1. The van der Waals surface area contributed by atoms with Gasteiger partial charge in [-0.1, -0.05) is 32.0 Å². The van der Waals surface area contributed by atoms with Crippen molar-refractivity contribution in [2.45, 2.75) is 20.4 Å². The molecule has 0 saturated heterocycles. The van der Waals surface area contributed by atoms with Crippen LogP contribution in [0.15, 0.2) is 41.3 Å². The van der Waals surface area contributed by atoms with Crippen molar-refractivity contribution in [3.05, 3.63) is 52.4 Å². The highest BCUT2D eigenvalue weighted by Crippen LogP contribution is 2.17. The average molecular weight is 287 g/mol. The Hall–Kier alpha value is -2.30. The van der Waals surface area contributed by atoms with Gasteiger partial charge in [-0.15, -0.1) is 0 Å². The van der Waals surface area contributed by atoms with Crippen molar-refractivity contribution in [3.8, 4) is 5.75 Å².